The number of methoxy groups -OCH3 is 1. The number of hydrogen-bond acceptors (Lipinski definition) is 4. The summed E-state index contributed by atoms with van der Waals surface area (Å²) in [6, 6.07) is 5.86. The van der Waals surface area contributed by atoms with Gasteiger partial charge in [-0.05, 0) is 36.1 Å². The lowest BCUT2D eigenvalue weighted by molar-refractivity contribution is 0.415. The Hall–Kier alpha value is -1.53. The van der Waals surface area contributed by atoms with Crippen molar-refractivity contribution >= 4 is 34.8 Å². The zero-order valence-corrected chi connectivity index (χ0v) is 10.6. The maximum atomic E-state index is 5.31. The van der Waals surface area contributed by atoms with Gasteiger partial charge < -0.3 is 10.1 Å². The Kier molecular flexibility index (Phi) is 2.53. The fourth-order valence-electron chi connectivity index (χ4n) is 1.62. The molecule has 1 aromatic heterocycles. The Morgan fingerprint density at radius 1 is 1.47 bits per heavy atom. The van der Waals surface area contributed by atoms with Gasteiger partial charge in [-0.25, -0.2) is 4.98 Å². The first kappa shape index (κ1) is 10.6. The van der Waals surface area contributed by atoms with Crippen LogP contribution in [0.2, 0.25) is 0 Å². The number of thiocarbonyl (C=S) groups is 1. The van der Waals surface area contributed by atoms with Crippen molar-refractivity contribution < 1.29 is 4.74 Å². The maximum Gasteiger partial charge on any atom is 0.183 e. The van der Waals surface area contributed by atoms with Crippen LogP contribution in [0.15, 0.2) is 40.6 Å². The van der Waals surface area contributed by atoms with Gasteiger partial charge in [0.2, 0.25) is 0 Å². The molecule has 1 aliphatic rings. The second-order valence-corrected chi connectivity index (χ2v) is 4.87. The molecule has 0 fully saturated rings. The predicted molar refractivity (Wildman–Crippen MR) is 71.0 cm³/mol. The average molecular weight is 263 g/mol. The topological polar surface area (TPSA) is 39.1 Å². The van der Waals surface area contributed by atoms with Crippen LogP contribution in [0.25, 0.3) is 0 Å². The molecule has 0 radical (unpaired) electrons. The Morgan fingerprint density at radius 3 is 3.18 bits per heavy atom. The fourth-order valence-corrected chi connectivity index (χ4v) is 2.85. The van der Waals surface area contributed by atoms with Crippen LogP contribution in [0, 0.1) is 0 Å². The summed E-state index contributed by atoms with van der Waals surface area (Å²) < 4.78 is 7.05. The third kappa shape index (κ3) is 1.79. The van der Waals surface area contributed by atoms with Crippen LogP contribution in [0.3, 0.4) is 0 Å². The highest BCUT2D eigenvalue weighted by atomic mass is 32.2. The number of nitrogens with one attached hydrogen (secondary N) is 1. The van der Waals surface area contributed by atoms with Crippen molar-refractivity contribution in [2.75, 3.05) is 12.4 Å². The lowest BCUT2D eigenvalue weighted by Gasteiger charge is -2.09. The Morgan fingerprint density at radius 2 is 2.35 bits per heavy atom. The highest BCUT2D eigenvalue weighted by Gasteiger charge is 2.17. The largest absolute Gasteiger partial charge is 0.497 e. The molecule has 17 heavy (non-hydrogen) atoms. The van der Waals surface area contributed by atoms with Crippen LogP contribution >= 0.6 is 24.0 Å². The number of aromatic nitrogens is 2. The Balaban J connectivity index is 2.10. The third-order valence-corrected chi connectivity index (χ3v) is 3.81. The van der Waals surface area contributed by atoms with Crippen molar-refractivity contribution in [3.63, 3.8) is 0 Å². The minimum absolute atomic E-state index is 0.622. The molecule has 0 spiro atoms. The van der Waals surface area contributed by atoms with E-state index in [0.29, 0.717) is 5.11 Å². The molecule has 0 aliphatic carbocycles. The number of rotatable bonds is 1. The van der Waals surface area contributed by atoms with Gasteiger partial charge in [0, 0.05) is 23.4 Å². The van der Waals surface area contributed by atoms with E-state index in [9.17, 15) is 0 Å². The van der Waals surface area contributed by atoms with E-state index in [-0.39, 0.29) is 0 Å². The van der Waals surface area contributed by atoms with E-state index in [1.165, 1.54) is 0 Å². The summed E-state index contributed by atoms with van der Waals surface area (Å²) in [6.07, 6.45) is 3.59. The lowest BCUT2D eigenvalue weighted by Crippen LogP contribution is -2.17. The molecule has 0 unspecified atom stereocenters. The van der Waals surface area contributed by atoms with Gasteiger partial charge in [-0.1, -0.05) is 0 Å². The number of imidazole rings is 1. The summed E-state index contributed by atoms with van der Waals surface area (Å²) in [4.78, 5) is 5.36. The number of fused-ring (bicyclic) bond motifs is 2. The minimum Gasteiger partial charge on any atom is -0.497 e. The number of anilines is 1. The summed E-state index contributed by atoms with van der Waals surface area (Å²) in [5.41, 5.74) is 0.949. The highest BCUT2D eigenvalue weighted by Crippen LogP contribution is 2.37. The number of nitrogens with zero attached hydrogens (tertiary/aromatic N) is 2. The molecule has 86 valence electrons. The van der Waals surface area contributed by atoms with E-state index in [1.807, 2.05) is 29.0 Å². The van der Waals surface area contributed by atoms with Gasteiger partial charge >= 0.3 is 0 Å². The molecule has 0 bridgehead atoms. The van der Waals surface area contributed by atoms with Crippen molar-refractivity contribution in [3.8, 4) is 5.75 Å². The molecule has 0 saturated heterocycles. The van der Waals surface area contributed by atoms with Crippen LogP contribution in [0.5, 0.6) is 5.75 Å². The molecule has 6 heteroatoms. The van der Waals surface area contributed by atoms with Gasteiger partial charge in [0.1, 0.15) is 5.75 Å². The van der Waals surface area contributed by atoms with Gasteiger partial charge in [-0.3, -0.25) is 4.57 Å². The second kappa shape index (κ2) is 4.05. The molecule has 1 aliphatic heterocycles. The van der Waals surface area contributed by atoms with E-state index >= 15 is 0 Å². The summed E-state index contributed by atoms with van der Waals surface area (Å²) in [7, 11) is 1.65. The smallest absolute Gasteiger partial charge is 0.183 e. The summed E-state index contributed by atoms with van der Waals surface area (Å²) in [6.45, 7) is 0. The first-order valence-corrected chi connectivity index (χ1v) is 6.21. The SMILES string of the molecule is COc1ccc2c(c1)NC(=S)n1ccnc1S2. The van der Waals surface area contributed by atoms with Crippen LogP contribution in [0.1, 0.15) is 0 Å². The fraction of sp³-hybridized carbons (Fsp3) is 0.0909. The van der Waals surface area contributed by atoms with Crippen molar-refractivity contribution in [3.05, 3.63) is 30.6 Å². The van der Waals surface area contributed by atoms with E-state index < -0.39 is 0 Å². The highest BCUT2D eigenvalue weighted by molar-refractivity contribution is 7.99. The molecule has 2 aromatic rings. The number of benzene rings is 1. The van der Waals surface area contributed by atoms with Crippen molar-refractivity contribution in [1.82, 2.24) is 9.55 Å². The Bertz CT molecular complexity index is 594. The van der Waals surface area contributed by atoms with Gasteiger partial charge in [-0.15, -0.1) is 0 Å². The van der Waals surface area contributed by atoms with Crippen LogP contribution in [-0.2, 0) is 0 Å². The van der Waals surface area contributed by atoms with Gasteiger partial charge in [0.15, 0.2) is 10.3 Å². The average Bonchev–Trinajstić information content (AvgIpc) is 2.75. The van der Waals surface area contributed by atoms with Crippen molar-refractivity contribution in [2.24, 2.45) is 0 Å². The first-order chi connectivity index (χ1) is 8.28. The Labute approximate surface area is 108 Å². The van der Waals surface area contributed by atoms with Crippen molar-refractivity contribution in [2.45, 2.75) is 10.1 Å². The minimum atomic E-state index is 0.622. The molecular formula is C11H9N3OS2. The quantitative estimate of drug-likeness (QED) is 0.801. The standard InChI is InChI=1S/C11H9N3OS2/c1-15-7-2-3-9-8(6-7)13-10(16)14-5-4-12-11(14)17-9/h2-6H,1H3,(H,13,16). The van der Waals surface area contributed by atoms with Gasteiger partial charge in [-0.2, -0.15) is 0 Å². The second-order valence-electron chi connectivity index (χ2n) is 3.47. The normalized spacial score (nSPS) is 13.4. The zero-order chi connectivity index (χ0) is 11.8. The van der Waals surface area contributed by atoms with Gasteiger partial charge in [0.25, 0.3) is 0 Å². The van der Waals surface area contributed by atoms with Gasteiger partial charge in [0.05, 0.1) is 12.8 Å². The van der Waals surface area contributed by atoms with E-state index in [1.54, 1.807) is 25.1 Å². The van der Waals surface area contributed by atoms with Crippen LogP contribution < -0.4 is 10.1 Å². The summed E-state index contributed by atoms with van der Waals surface area (Å²) in [5.74, 6) is 0.805. The van der Waals surface area contributed by atoms with Crippen LogP contribution in [0.4, 0.5) is 5.69 Å². The molecular weight excluding hydrogens is 254 g/mol. The maximum absolute atomic E-state index is 5.31. The molecule has 4 nitrogen and oxygen atoms in total. The van der Waals surface area contributed by atoms with Crippen molar-refractivity contribution in [1.29, 1.82) is 0 Å². The number of ether oxygens (including phenoxy) is 1. The zero-order valence-electron chi connectivity index (χ0n) is 9.01. The first-order valence-electron chi connectivity index (χ1n) is 4.98. The number of hydrogen-bond donors (Lipinski definition) is 1. The third-order valence-electron chi connectivity index (χ3n) is 2.46. The van der Waals surface area contributed by atoms with E-state index in [0.717, 1.165) is 21.5 Å². The molecule has 1 aromatic carbocycles. The molecule has 0 saturated carbocycles. The monoisotopic (exact) mass is 263 g/mol. The van der Waals surface area contributed by atoms with E-state index in [2.05, 4.69) is 10.3 Å². The molecule has 3 rings (SSSR count). The summed E-state index contributed by atoms with van der Waals surface area (Å²) in [5, 5.41) is 4.68. The predicted octanol–water partition coefficient (Wildman–Crippen LogP) is 2.60. The lowest BCUT2D eigenvalue weighted by atomic mass is 10.3. The van der Waals surface area contributed by atoms with Crippen LogP contribution in [-0.4, -0.2) is 21.8 Å². The summed E-state index contributed by atoms with van der Waals surface area (Å²) >= 11 is 6.89. The molecule has 1 N–H and O–H groups in total. The molecule has 0 amide bonds. The van der Waals surface area contributed by atoms with E-state index in [4.69, 9.17) is 17.0 Å². The molecule has 0 atom stereocenters. The molecule has 2 heterocycles.